The van der Waals surface area contributed by atoms with E-state index in [9.17, 15) is 18.0 Å². The van der Waals surface area contributed by atoms with Gasteiger partial charge >= 0.3 is 12.3 Å². The van der Waals surface area contributed by atoms with Crippen molar-refractivity contribution in [2.45, 2.75) is 27.1 Å². The maximum Gasteiger partial charge on any atom is 0.573 e. The molecule has 0 aliphatic carbocycles. The maximum atomic E-state index is 12.4. The quantitative estimate of drug-likeness (QED) is 0.298. The molecule has 0 unspecified atom stereocenters. The van der Waals surface area contributed by atoms with E-state index in [4.69, 9.17) is 4.74 Å². The molecule has 0 radical (unpaired) electrons. The minimum Gasteiger partial charge on any atom is -0.423 e. The number of ether oxygens (including phenoxy) is 2. The molecule has 0 N–H and O–H groups in total. The average Bonchev–Trinajstić information content (AvgIpc) is 2.62. The minimum atomic E-state index is -4.77. The molecule has 0 aliphatic rings. The van der Waals surface area contributed by atoms with Crippen molar-refractivity contribution < 1.29 is 27.4 Å². The van der Waals surface area contributed by atoms with Crippen LogP contribution in [0.5, 0.6) is 11.5 Å². The van der Waals surface area contributed by atoms with Gasteiger partial charge in [-0.3, -0.25) is 0 Å². The highest BCUT2D eigenvalue weighted by Crippen LogP contribution is 2.27. The van der Waals surface area contributed by atoms with Gasteiger partial charge in [0, 0.05) is 13.6 Å². The lowest BCUT2D eigenvalue weighted by atomic mass is 10.0. The van der Waals surface area contributed by atoms with Crippen LogP contribution in [0.4, 0.5) is 18.9 Å². The number of carbonyl (C=O) groups is 1. The topological polar surface area (TPSA) is 51.1 Å². The molecule has 8 heteroatoms. The smallest absolute Gasteiger partial charge is 0.423 e. The summed E-state index contributed by atoms with van der Waals surface area (Å²) in [6.45, 7) is 6.42. The van der Waals surface area contributed by atoms with Crippen LogP contribution in [0.1, 0.15) is 28.4 Å². The SMILES string of the molecule is CCN(C)/C=N/c1cc(C)c(C(=O)Oc2ccc(OC(F)(F)F)cc2)cc1C. The van der Waals surface area contributed by atoms with Crippen LogP contribution < -0.4 is 9.47 Å². The largest absolute Gasteiger partial charge is 0.573 e. The van der Waals surface area contributed by atoms with Gasteiger partial charge in [-0.25, -0.2) is 9.79 Å². The Labute approximate surface area is 161 Å². The lowest BCUT2D eigenvalue weighted by Crippen LogP contribution is -2.17. The Hall–Kier alpha value is -3.03. The molecule has 0 amide bonds. The van der Waals surface area contributed by atoms with E-state index in [2.05, 4.69) is 9.73 Å². The highest BCUT2D eigenvalue weighted by molar-refractivity contribution is 5.93. The van der Waals surface area contributed by atoms with Gasteiger partial charge in [-0.2, -0.15) is 0 Å². The summed E-state index contributed by atoms with van der Waals surface area (Å²) in [5.41, 5.74) is 2.57. The third-order valence-electron chi connectivity index (χ3n) is 3.92. The molecule has 0 saturated carbocycles. The first-order valence-corrected chi connectivity index (χ1v) is 8.52. The molecule has 150 valence electrons. The zero-order valence-corrected chi connectivity index (χ0v) is 16.0. The van der Waals surface area contributed by atoms with Crippen molar-refractivity contribution in [3.05, 3.63) is 53.1 Å². The van der Waals surface area contributed by atoms with Crippen LogP contribution in [0, 0.1) is 13.8 Å². The van der Waals surface area contributed by atoms with E-state index in [1.807, 2.05) is 25.8 Å². The molecule has 2 aromatic rings. The average molecular weight is 394 g/mol. The molecule has 2 aromatic carbocycles. The zero-order chi connectivity index (χ0) is 20.9. The normalized spacial score (nSPS) is 11.5. The third kappa shape index (κ3) is 6.00. The van der Waals surface area contributed by atoms with Crippen molar-refractivity contribution in [1.82, 2.24) is 4.90 Å². The van der Waals surface area contributed by atoms with Crippen molar-refractivity contribution in [2.24, 2.45) is 4.99 Å². The summed E-state index contributed by atoms with van der Waals surface area (Å²) >= 11 is 0. The van der Waals surface area contributed by atoms with Crippen LogP contribution in [0.25, 0.3) is 0 Å². The second-order valence-corrected chi connectivity index (χ2v) is 6.18. The molecule has 0 aliphatic heterocycles. The molecular weight excluding hydrogens is 373 g/mol. The molecular formula is C20H21F3N2O3. The molecule has 5 nitrogen and oxygen atoms in total. The second-order valence-electron chi connectivity index (χ2n) is 6.18. The van der Waals surface area contributed by atoms with Crippen molar-refractivity contribution in [3.63, 3.8) is 0 Å². The number of nitrogens with zero attached hydrogens (tertiary/aromatic N) is 2. The van der Waals surface area contributed by atoms with Gasteiger partial charge in [0.1, 0.15) is 11.5 Å². The fourth-order valence-electron chi connectivity index (χ4n) is 2.27. The fraction of sp³-hybridized carbons (Fsp3) is 0.300. The number of rotatable bonds is 6. The van der Waals surface area contributed by atoms with Crippen molar-refractivity contribution in [1.29, 1.82) is 0 Å². The first-order chi connectivity index (χ1) is 13.1. The van der Waals surface area contributed by atoms with E-state index in [1.165, 1.54) is 12.1 Å². The first kappa shape index (κ1) is 21.3. The molecule has 0 fully saturated rings. The maximum absolute atomic E-state index is 12.4. The molecule has 2 rings (SSSR count). The van der Waals surface area contributed by atoms with E-state index in [1.54, 1.807) is 25.4 Å². The van der Waals surface area contributed by atoms with Crippen LogP contribution in [-0.4, -0.2) is 37.2 Å². The third-order valence-corrected chi connectivity index (χ3v) is 3.92. The van der Waals surface area contributed by atoms with Gasteiger partial charge in [0.05, 0.1) is 17.6 Å². The van der Waals surface area contributed by atoms with Crippen LogP contribution in [-0.2, 0) is 0 Å². The van der Waals surface area contributed by atoms with Gasteiger partial charge in [-0.15, -0.1) is 13.2 Å². The number of carbonyl (C=O) groups excluding carboxylic acids is 1. The molecule has 0 bridgehead atoms. The van der Waals surface area contributed by atoms with Crippen molar-refractivity contribution in [3.8, 4) is 11.5 Å². The van der Waals surface area contributed by atoms with Gasteiger partial charge < -0.3 is 14.4 Å². The van der Waals surface area contributed by atoms with Gasteiger partial charge in [0.25, 0.3) is 0 Å². The lowest BCUT2D eigenvalue weighted by molar-refractivity contribution is -0.274. The van der Waals surface area contributed by atoms with E-state index in [0.29, 0.717) is 11.1 Å². The molecule has 0 aromatic heterocycles. The number of hydrogen-bond donors (Lipinski definition) is 0. The predicted octanol–water partition coefficient (Wildman–Crippen LogP) is 5.03. The Morgan fingerprint density at radius 2 is 1.71 bits per heavy atom. The van der Waals surface area contributed by atoms with Crippen molar-refractivity contribution in [2.75, 3.05) is 13.6 Å². The Balaban J connectivity index is 2.14. The predicted molar refractivity (Wildman–Crippen MR) is 100 cm³/mol. The fourth-order valence-corrected chi connectivity index (χ4v) is 2.27. The zero-order valence-electron chi connectivity index (χ0n) is 16.0. The highest BCUT2D eigenvalue weighted by atomic mass is 19.4. The summed E-state index contributed by atoms with van der Waals surface area (Å²) in [4.78, 5) is 18.8. The summed E-state index contributed by atoms with van der Waals surface area (Å²) in [7, 11) is 1.91. The highest BCUT2D eigenvalue weighted by Gasteiger charge is 2.31. The number of aliphatic imine (C=N–C) groups is 1. The Morgan fingerprint density at radius 1 is 1.11 bits per heavy atom. The minimum absolute atomic E-state index is 0.114. The van der Waals surface area contributed by atoms with Gasteiger partial charge in [-0.05, 0) is 68.3 Å². The standard InChI is InChI=1S/C20H21F3N2O3/c1-5-25(4)12-24-18-11-13(2)17(10-14(18)3)19(26)27-15-6-8-16(9-7-15)28-20(21,22)23/h6-12H,5H2,1-4H3/b24-12+. The lowest BCUT2D eigenvalue weighted by Gasteiger charge is -2.12. The molecule has 0 saturated heterocycles. The van der Waals surface area contributed by atoms with Crippen LogP contribution in [0.2, 0.25) is 0 Å². The molecule has 0 atom stereocenters. The van der Waals surface area contributed by atoms with E-state index >= 15 is 0 Å². The van der Waals surface area contributed by atoms with E-state index in [-0.39, 0.29) is 5.75 Å². The van der Waals surface area contributed by atoms with E-state index in [0.717, 1.165) is 29.9 Å². The Bertz CT molecular complexity index is 862. The molecule has 0 heterocycles. The molecule has 0 spiro atoms. The number of esters is 1. The van der Waals surface area contributed by atoms with Crippen LogP contribution in [0.3, 0.4) is 0 Å². The summed E-state index contributed by atoms with van der Waals surface area (Å²) in [6.07, 6.45) is -3.06. The first-order valence-electron chi connectivity index (χ1n) is 8.52. The summed E-state index contributed by atoms with van der Waals surface area (Å²) < 4.78 is 45.6. The van der Waals surface area contributed by atoms with Crippen molar-refractivity contribution >= 4 is 18.0 Å². The van der Waals surface area contributed by atoms with Gasteiger partial charge in [0.15, 0.2) is 0 Å². The van der Waals surface area contributed by atoms with E-state index < -0.39 is 18.1 Å². The number of alkyl halides is 3. The number of aryl methyl sites for hydroxylation is 2. The number of halogens is 3. The monoisotopic (exact) mass is 394 g/mol. The Morgan fingerprint density at radius 3 is 2.29 bits per heavy atom. The van der Waals surface area contributed by atoms with Crippen LogP contribution >= 0.6 is 0 Å². The van der Waals surface area contributed by atoms with Crippen LogP contribution in [0.15, 0.2) is 41.4 Å². The second kappa shape index (κ2) is 8.77. The van der Waals surface area contributed by atoms with Gasteiger partial charge in [-0.1, -0.05) is 0 Å². The number of benzene rings is 2. The molecule has 28 heavy (non-hydrogen) atoms. The Kier molecular flexibility index (Phi) is 6.66. The summed E-state index contributed by atoms with van der Waals surface area (Å²) in [5, 5.41) is 0. The number of hydrogen-bond acceptors (Lipinski definition) is 4. The summed E-state index contributed by atoms with van der Waals surface area (Å²) in [6, 6.07) is 8.09. The van der Waals surface area contributed by atoms with Gasteiger partial charge in [0.2, 0.25) is 0 Å². The summed E-state index contributed by atoms with van der Waals surface area (Å²) in [5.74, 6) is -0.881.